The Morgan fingerprint density at radius 2 is 1.78 bits per heavy atom. The summed E-state index contributed by atoms with van der Waals surface area (Å²) in [5.74, 6) is 0.807. The third kappa shape index (κ3) is 5.45. The Labute approximate surface area is 159 Å². The summed E-state index contributed by atoms with van der Waals surface area (Å²) >= 11 is 0. The fraction of sp³-hybridized carbons (Fsp3) is 0.316. The predicted molar refractivity (Wildman–Crippen MR) is 103 cm³/mol. The maximum atomic E-state index is 12.4. The lowest BCUT2D eigenvalue weighted by molar-refractivity contribution is 0.0950. The first-order valence-corrected chi connectivity index (χ1v) is 9.98. The Kier molecular flexibility index (Phi) is 7.20. The van der Waals surface area contributed by atoms with Gasteiger partial charge in [0.05, 0.1) is 19.1 Å². The lowest BCUT2D eigenvalue weighted by atomic mass is 10.1. The van der Waals surface area contributed by atoms with Gasteiger partial charge in [-0.25, -0.2) is 13.1 Å². The van der Waals surface area contributed by atoms with Crippen molar-refractivity contribution < 1.29 is 22.7 Å². The molecule has 0 spiro atoms. The summed E-state index contributed by atoms with van der Waals surface area (Å²) in [4.78, 5) is 12.5. The van der Waals surface area contributed by atoms with Gasteiger partial charge in [-0.15, -0.1) is 0 Å². The molecule has 0 fully saturated rings. The molecule has 0 aliphatic carbocycles. The van der Waals surface area contributed by atoms with Crippen molar-refractivity contribution in [3.05, 3.63) is 53.6 Å². The first-order valence-electron chi connectivity index (χ1n) is 8.50. The van der Waals surface area contributed by atoms with Gasteiger partial charge in [0.25, 0.3) is 5.91 Å². The van der Waals surface area contributed by atoms with Crippen LogP contribution in [-0.4, -0.2) is 35.1 Å². The summed E-state index contributed by atoms with van der Waals surface area (Å²) in [6.45, 7) is 2.49. The molecule has 27 heavy (non-hydrogen) atoms. The molecule has 2 aromatic carbocycles. The number of hydrogen-bond donors (Lipinski definition) is 2. The maximum absolute atomic E-state index is 12.4. The maximum Gasteiger partial charge on any atom is 0.251 e. The Bertz CT molecular complexity index is 897. The Morgan fingerprint density at radius 1 is 1.04 bits per heavy atom. The number of carbonyl (C=O) groups is 1. The van der Waals surface area contributed by atoms with Crippen LogP contribution in [0.2, 0.25) is 0 Å². The highest BCUT2D eigenvalue weighted by atomic mass is 32.2. The summed E-state index contributed by atoms with van der Waals surface area (Å²) < 4.78 is 37.3. The smallest absolute Gasteiger partial charge is 0.251 e. The van der Waals surface area contributed by atoms with Gasteiger partial charge in [0, 0.05) is 18.7 Å². The fourth-order valence-electron chi connectivity index (χ4n) is 2.40. The van der Waals surface area contributed by atoms with Gasteiger partial charge in [0.2, 0.25) is 10.0 Å². The lowest BCUT2D eigenvalue weighted by Gasteiger charge is -2.11. The summed E-state index contributed by atoms with van der Waals surface area (Å²) in [6.07, 6.45) is 0.685. The number of sulfonamides is 1. The van der Waals surface area contributed by atoms with Crippen LogP contribution in [0.5, 0.6) is 11.5 Å². The van der Waals surface area contributed by atoms with Crippen LogP contribution < -0.4 is 19.5 Å². The first-order chi connectivity index (χ1) is 12.9. The minimum absolute atomic E-state index is 0.0646. The minimum atomic E-state index is -3.62. The van der Waals surface area contributed by atoms with E-state index in [9.17, 15) is 13.2 Å². The van der Waals surface area contributed by atoms with E-state index in [2.05, 4.69) is 10.0 Å². The molecule has 0 saturated heterocycles. The van der Waals surface area contributed by atoms with Crippen LogP contribution in [0.25, 0.3) is 0 Å². The predicted octanol–water partition coefficient (Wildman–Crippen LogP) is 2.32. The molecular formula is C19H24N2O5S. The van der Waals surface area contributed by atoms with Gasteiger partial charge < -0.3 is 14.8 Å². The van der Waals surface area contributed by atoms with E-state index < -0.39 is 10.0 Å². The second-order valence-electron chi connectivity index (χ2n) is 5.80. The van der Waals surface area contributed by atoms with Crippen molar-refractivity contribution in [3.8, 4) is 11.5 Å². The van der Waals surface area contributed by atoms with Gasteiger partial charge in [0.15, 0.2) is 11.5 Å². The fourth-order valence-corrected chi connectivity index (χ4v) is 3.58. The molecule has 2 aromatic rings. The van der Waals surface area contributed by atoms with E-state index >= 15 is 0 Å². The highest BCUT2D eigenvalue weighted by Gasteiger charge is 2.15. The van der Waals surface area contributed by atoms with E-state index in [0.29, 0.717) is 24.5 Å². The average molecular weight is 392 g/mol. The molecule has 0 heterocycles. The van der Waals surface area contributed by atoms with Crippen molar-refractivity contribution in [2.45, 2.75) is 24.8 Å². The van der Waals surface area contributed by atoms with E-state index in [4.69, 9.17) is 9.47 Å². The van der Waals surface area contributed by atoms with Gasteiger partial charge in [-0.3, -0.25) is 4.79 Å². The minimum Gasteiger partial charge on any atom is -0.493 e. The number of benzene rings is 2. The third-order valence-electron chi connectivity index (χ3n) is 3.85. The van der Waals surface area contributed by atoms with Crippen LogP contribution in [0.15, 0.2) is 47.4 Å². The van der Waals surface area contributed by atoms with Gasteiger partial charge in [-0.2, -0.15) is 0 Å². The van der Waals surface area contributed by atoms with Crippen molar-refractivity contribution >= 4 is 15.9 Å². The SMILES string of the molecule is CCCNS(=O)(=O)c1cccc(C(=O)NCc2ccc(OC)c(OC)c2)c1. The highest BCUT2D eigenvalue weighted by molar-refractivity contribution is 7.89. The number of carbonyl (C=O) groups excluding carboxylic acids is 1. The van der Waals surface area contributed by atoms with Gasteiger partial charge in [-0.1, -0.05) is 19.1 Å². The number of rotatable bonds is 9. The quantitative estimate of drug-likeness (QED) is 0.683. The molecule has 0 aliphatic rings. The van der Waals surface area contributed by atoms with Crippen LogP contribution in [0.1, 0.15) is 29.3 Å². The van der Waals surface area contributed by atoms with Crippen molar-refractivity contribution in [3.63, 3.8) is 0 Å². The molecule has 1 amide bonds. The molecule has 2 N–H and O–H groups in total. The van der Waals surface area contributed by atoms with Crippen molar-refractivity contribution in [2.24, 2.45) is 0 Å². The number of methoxy groups -OCH3 is 2. The van der Waals surface area contributed by atoms with Gasteiger partial charge in [-0.05, 0) is 42.3 Å². The molecule has 0 bridgehead atoms. The topological polar surface area (TPSA) is 93.7 Å². The molecule has 7 nitrogen and oxygen atoms in total. The number of nitrogens with one attached hydrogen (secondary N) is 2. The van der Waals surface area contributed by atoms with Crippen LogP contribution in [0.4, 0.5) is 0 Å². The molecule has 8 heteroatoms. The van der Waals surface area contributed by atoms with Crippen LogP contribution in [0, 0.1) is 0 Å². The normalized spacial score (nSPS) is 11.1. The van der Waals surface area contributed by atoms with Crippen LogP contribution >= 0.6 is 0 Å². The lowest BCUT2D eigenvalue weighted by Crippen LogP contribution is -2.26. The highest BCUT2D eigenvalue weighted by Crippen LogP contribution is 2.27. The summed E-state index contributed by atoms with van der Waals surface area (Å²) in [6, 6.07) is 11.3. The number of amides is 1. The Morgan fingerprint density at radius 3 is 2.44 bits per heavy atom. The Balaban J connectivity index is 2.09. The molecular weight excluding hydrogens is 368 g/mol. The van der Waals surface area contributed by atoms with Crippen LogP contribution in [0.3, 0.4) is 0 Å². The average Bonchev–Trinajstić information content (AvgIpc) is 2.70. The zero-order chi connectivity index (χ0) is 19.9. The molecule has 0 aliphatic heterocycles. The first kappa shape index (κ1) is 20.7. The zero-order valence-corrected chi connectivity index (χ0v) is 16.4. The van der Waals surface area contributed by atoms with Gasteiger partial charge >= 0.3 is 0 Å². The van der Waals surface area contributed by atoms with E-state index in [1.54, 1.807) is 38.5 Å². The van der Waals surface area contributed by atoms with E-state index in [1.807, 2.05) is 13.0 Å². The molecule has 0 saturated carbocycles. The molecule has 0 radical (unpaired) electrons. The standard InChI is InChI=1S/C19H24N2O5S/c1-4-10-21-27(23,24)16-7-5-6-15(12-16)19(22)20-13-14-8-9-17(25-2)18(11-14)26-3/h5-9,11-12,21H,4,10,13H2,1-3H3,(H,20,22). The van der Waals surface area contributed by atoms with Crippen molar-refractivity contribution in [1.82, 2.24) is 10.0 Å². The monoisotopic (exact) mass is 392 g/mol. The molecule has 0 atom stereocenters. The Hall–Kier alpha value is -2.58. The van der Waals surface area contributed by atoms with Crippen LogP contribution in [-0.2, 0) is 16.6 Å². The number of hydrogen-bond acceptors (Lipinski definition) is 5. The van der Waals surface area contributed by atoms with Crippen molar-refractivity contribution in [2.75, 3.05) is 20.8 Å². The summed E-state index contributed by atoms with van der Waals surface area (Å²) in [5.41, 5.74) is 1.10. The summed E-state index contributed by atoms with van der Waals surface area (Å²) in [7, 11) is -0.531. The number of ether oxygens (including phenoxy) is 2. The van der Waals surface area contributed by atoms with E-state index in [0.717, 1.165) is 5.56 Å². The van der Waals surface area contributed by atoms with Gasteiger partial charge in [0.1, 0.15) is 0 Å². The molecule has 2 rings (SSSR count). The third-order valence-corrected chi connectivity index (χ3v) is 5.31. The second-order valence-corrected chi connectivity index (χ2v) is 7.56. The molecule has 0 unspecified atom stereocenters. The molecule has 0 aromatic heterocycles. The van der Waals surface area contributed by atoms with E-state index in [-0.39, 0.29) is 22.9 Å². The summed E-state index contributed by atoms with van der Waals surface area (Å²) in [5, 5.41) is 2.78. The van der Waals surface area contributed by atoms with E-state index in [1.165, 1.54) is 12.1 Å². The van der Waals surface area contributed by atoms with Crippen molar-refractivity contribution in [1.29, 1.82) is 0 Å². The molecule has 146 valence electrons. The second kappa shape index (κ2) is 9.38. The zero-order valence-electron chi connectivity index (χ0n) is 15.6. The largest absolute Gasteiger partial charge is 0.493 e.